The van der Waals surface area contributed by atoms with Crippen molar-refractivity contribution in [3.63, 3.8) is 0 Å². The molecule has 1 N–H and O–H groups in total. The van der Waals surface area contributed by atoms with Crippen LogP contribution in [0.1, 0.15) is 30.9 Å². The summed E-state index contributed by atoms with van der Waals surface area (Å²) < 4.78 is 18.4. The second-order valence-corrected chi connectivity index (χ2v) is 6.31. The molecule has 0 spiro atoms. The average Bonchev–Trinajstić information content (AvgIpc) is 2.57. The van der Waals surface area contributed by atoms with Gasteiger partial charge in [0.25, 0.3) is 0 Å². The number of hydrogen-bond acceptors (Lipinski definition) is 3. The Morgan fingerprint density at radius 3 is 2.59 bits per heavy atom. The summed E-state index contributed by atoms with van der Waals surface area (Å²) in [5, 5.41) is 10.5. The van der Waals surface area contributed by atoms with E-state index >= 15 is 0 Å². The van der Waals surface area contributed by atoms with Crippen LogP contribution in [0.25, 0.3) is 0 Å². The number of hydrogen-bond donors (Lipinski definition) is 1. The topological polar surface area (TPSA) is 32.7 Å². The van der Waals surface area contributed by atoms with Gasteiger partial charge in [-0.2, -0.15) is 0 Å². The van der Waals surface area contributed by atoms with Gasteiger partial charge in [0.2, 0.25) is 0 Å². The second kappa shape index (κ2) is 7.36. The van der Waals surface area contributed by atoms with Crippen molar-refractivity contribution in [3.05, 3.63) is 47.3 Å². The van der Waals surface area contributed by atoms with E-state index in [0.717, 1.165) is 57.7 Å². The Balaban J connectivity index is 1.50. The van der Waals surface area contributed by atoms with Crippen molar-refractivity contribution in [1.82, 2.24) is 4.90 Å². The highest BCUT2D eigenvalue weighted by atomic mass is 19.1. The van der Waals surface area contributed by atoms with Crippen LogP contribution in [0.15, 0.2) is 35.9 Å². The molecule has 0 amide bonds. The fourth-order valence-electron chi connectivity index (χ4n) is 3.36. The number of nitrogens with zero attached hydrogens (tertiary/aromatic N) is 1. The molecule has 0 saturated carbocycles. The third-order valence-electron chi connectivity index (χ3n) is 4.70. The molecule has 2 heterocycles. The summed E-state index contributed by atoms with van der Waals surface area (Å²) in [6, 6.07) is 6.22. The summed E-state index contributed by atoms with van der Waals surface area (Å²) in [7, 11) is 0. The minimum absolute atomic E-state index is 0.256. The fraction of sp³-hybridized carbons (Fsp3) is 0.556. The predicted octanol–water partition coefficient (Wildman–Crippen LogP) is 2.92. The first-order valence-electron chi connectivity index (χ1n) is 8.14. The lowest BCUT2D eigenvalue weighted by Crippen LogP contribution is -2.37. The zero-order valence-electron chi connectivity index (χ0n) is 12.9. The predicted molar refractivity (Wildman–Crippen MR) is 84.0 cm³/mol. The van der Waals surface area contributed by atoms with Gasteiger partial charge in [-0.05, 0) is 61.5 Å². The maximum absolute atomic E-state index is 13.0. The number of ether oxygens (including phenoxy) is 1. The molecule has 22 heavy (non-hydrogen) atoms. The first-order chi connectivity index (χ1) is 10.7. The van der Waals surface area contributed by atoms with Gasteiger partial charge in [-0.1, -0.05) is 18.2 Å². The van der Waals surface area contributed by atoms with Crippen LogP contribution < -0.4 is 0 Å². The molecule has 0 bridgehead atoms. The first-order valence-corrected chi connectivity index (χ1v) is 8.14. The molecule has 1 fully saturated rings. The quantitative estimate of drug-likeness (QED) is 0.868. The molecule has 120 valence electrons. The van der Waals surface area contributed by atoms with Gasteiger partial charge in [0, 0.05) is 6.54 Å². The molecule has 2 aliphatic heterocycles. The summed E-state index contributed by atoms with van der Waals surface area (Å²) >= 11 is 0. The van der Waals surface area contributed by atoms with E-state index in [0.29, 0.717) is 0 Å². The van der Waals surface area contributed by atoms with Crippen LogP contribution in [-0.2, 0) is 4.74 Å². The fourth-order valence-corrected chi connectivity index (χ4v) is 3.36. The minimum atomic E-state index is -0.486. The molecule has 1 aromatic carbocycles. The van der Waals surface area contributed by atoms with Crippen LogP contribution in [0.2, 0.25) is 0 Å². The highest BCUT2D eigenvalue weighted by Crippen LogP contribution is 2.31. The van der Waals surface area contributed by atoms with Gasteiger partial charge in [0.15, 0.2) is 0 Å². The second-order valence-electron chi connectivity index (χ2n) is 6.31. The third-order valence-corrected chi connectivity index (χ3v) is 4.70. The standard InChI is InChI=1S/C18H24FNO2/c19-17-5-3-15(4-6-17)18(21)16-7-9-20(10-8-16)12-14-2-1-11-22-13-14/h2-6,16,18,21H,1,7-13H2. The number of piperidine rings is 1. The molecule has 2 aliphatic rings. The SMILES string of the molecule is OC(c1ccc(F)cc1)C1CCN(CC2=CCCOC2)CC1. The summed E-state index contributed by atoms with van der Waals surface area (Å²) in [6.07, 6.45) is 4.79. The molecule has 3 rings (SSSR count). The molecular formula is C18H24FNO2. The smallest absolute Gasteiger partial charge is 0.123 e. The molecule has 0 aliphatic carbocycles. The van der Waals surface area contributed by atoms with Crippen molar-refractivity contribution >= 4 is 0 Å². The van der Waals surface area contributed by atoms with Crippen molar-refractivity contribution in [2.24, 2.45) is 5.92 Å². The van der Waals surface area contributed by atoms with Crippen LogP contribution in [0, 0.1) is 11.7 Å². The number of aliphatic hydroxyl groups excluding tert-OH is 1. The van der Waals surface area contributed by atoms with E-state index < -0.39 is 6.10 Å². The number of aliphatic hydroxyl groups is 1. The van der Waals surface area contributed by atoms with E-state index in [1.807, 2.05) is 0 Å². The Bertz CT molecular complexity index is 506. The number of rotatable bonds is 4. The Labute approximate surface area is 131 Å². The summed E-state index contributed by atoms with van der Waals surface area (Å²) in [6.45, 7) is 4.59. The minimum Gasteiger partial charge on any atom is -0.388 e. The Morgan fingerprint density at radius 2 is 1.95 bits per heavy atom. The Morgan fingerprint density at radius 1 is 1.23 bits per heavy atom. The molecule has 0 radical (unpaired) electrons. The highest BCUT2D eigenvalue weighted by Gasteiger charge is 2.26. The molecule has 1 unspecified atom stereocenters. The van der Waals surface area contributed by atoms with Crippen molar-refractivity contribution in [1.29, 1.82) is 0 Å². The largest absolute Gasteiger partial charge is 0.388 e. The lowest BCUT2D eigenvalue weighted by Gasteiger charge is -2.35. The number of likely N-dealkylation sites (tertiary alicyclic amines) is 1. The molecule has 3 nitrogen and oxygen atoms in total. The third kappa shape index (κ3) is 3.94. The van der Waals surface area contributed by atoms with Crippen molar-refractivity contribution in [2.45, 2.75) is 25.4 Å². The molecule has 0 aromatic heterocycles. The monoisotopic (exact) mass is 305 g/mol. The average molecular weight is 305 g/mol. The van der Waals surface area contributed by atoms with E-state index in [2.05, 4.69) is 11.0 Å². The summed E-state index contributed by atoms with van der Waals surface area (Å²) in [4.78, 5) is 2.44. The molecule has 1 saturated heterocycles. The molecule has 1 atom stereocenters. The zero-order chi connectivity index (χ0) is 15.4. The van der Waals surface area contributed by atoms with E-state index in [-0.39, 0.29) is 11.7 Å². The van der Waals surface area contributed by atoms with E-state index in [1.54, 1.807) is 12.1 Å². The first kappa shape index (κ1) is 15.7. The summed E-state index contributed by atoms with van der Waals surface area (Å²) in [5.41, 5.74) is 2.20. The van der Waals surface area contributed by atoms with Gasteiger partial charge in [0.1, 0.15) is 5.82 Å². The van der Waals surface area contributed by atoms with Crippen LogP contribution in [0.4, 0.5) is 4.39 Å². The normalized spacial score (nSPS) is 22.4. The van der Waals surface area contributed by atoms with Crippen LogP contribution in [0.3, 0.4) is 0 Å². The van der Waals surface area contributed by atoms with E-state index in [9.17, 15) is 9.50 Å². The number of benzene rings is 1. The van der Waals surface area contributed by atoms with Gasteiger partial charge in [-0.15, -0.1) is 0 Å². The van der Waals surface area contributed by atoms with Gasteiger partial charge in [-0.3, -0.25) is 4.90 Å². The molecular weight excluding hydrogens is 281 g/mol. The van der Waals surface area contributed by atoms with Gasteiger partial charge >= 0.3 is 0 Å². The van der Waals surface area contributed by atoms with E-state index in [4.69, 9.17) is 4.74 Å². The van der Waals surface area contributed by atoms with Crippen LogP contribution >= 0.6 is 0 Å². The van der Waals surface area contributed by atoms with Crippen LogP contribution in [0.5, 0.6) is 0 Å². The maximum atomic E-state index is 13.0. The Kier molecular flexibility index (Phi) is 5.24. The van der Waals surface area contributed by atoms with Crippen molar-refractivity contribution in [3.8, 4) is 0 Å². The van der Waals surface area contributed by atoms with Gasteiger partial charge in [-0.25, -0.2) is 4.39 Å². The van der Waals surface area contributed by atoms with Gasteiger partial charge < -0.3 is 9.84 Å². The van der Waals surface area contributed by atoms with E-state index in [1.165, 1.54) is 17.7 Å². The van der Waals surface area contributed by atoms with Crippen molar-refractivity contribution in [2.75, 3.05) is 32.8 Å². The summed E-state index contributed by atoms with van der Waals surface area (Å²) in [5.74, 6) is 0.00652. The highest BCUT2D eigenvalue weighted by molar-refractivity contribution is 5.19. The molecule has 4 heteroatoms. The van der Waals surface area contributed by atoms with Crippen LogP contribution in [-0.4, -0.2) is 42.9 Å². The number of halogens is 1. The maximum Gasteiger partial charge on any atom is 0.123 e. The Hall–Kier alpha value is -1.23. The van der Waals surface area contributed by atoms with Gasteiger partial charge in [0.05, 0.1) is 19.3 Å². The van der Waals surface area contributed by atoms with Crippen molar-refractivity contribution < 1.29 is 14.2 Å². The lowest BCUT2D eigenvalue weighted by molar-refractivity contribution is 0.0591. The molecule has 1 aromatic rings. The zero-order valence-corrected chi connectivity index (χ0v) is 12.9. The lowest BCUT2D eigenvalue weighted by atomic mass is 9.87.